The summed E-state index contributed by atoms with van der Waals surface area (Å²) in [6.45, 7) is 2.38. The van der Waals surface area contributed by atoms with Crippen LogP contribution in [0.5, 0.6) is 0 Å². The summed E-state index contributed by atoms with van der Waals surface area (Å²) in [7, 11) is 0. The number of carbonyl (C=O) groups is 1. The molecule has 0 atom stereocenters. The van der Waals surface area contributed by atoms with Crippen molar-refractivity contribution in [2.24, 2.45) is 5.16 Å². The molecule has 1 saturated heterocycles. The van der Waals surface area contributed by atoms with Crippen LogP contribution in [0.4, 0.5) is 4.79 Å². The fraction of sp³-hybridized carbons (Fsp3) is 0.818. The largest absolute Gasteiger partial charge is 0.436 e. The number of ether oxygens (including phenoxy) is 1. The summed E-state index contributed by atoms with van der Waals surface area (Å²) < 4.78 is 5.16. The molecule has 1 saturated carbocycles. The molecule has 0 unspecified atom stereocenters. The quantitative estimate of drug-likeness (QED) is 0.506. The van der Waals surface area contributed by atoms with Crippen LogP contribution in [-0.4, -0.2) is 43.0 Å². The molecule has 0 aromatic rings. The van der Waals surface area contributed by atoms with E-state index in [-0.39, 0.29) is 6.09 Å². The summed E-state index contributed by atoms with van der Waals surface area (Å²) >= 11 is 0. The van der Waals surface area contributed by atoms with Crippen LogP contribution in [0.3, 0.4) is 0 Å². The summed E-state index contributed by atoms with van der Waals surface area (Å²) in [5, 5.41) is 3.94. The van der Waals surface area contributed by atoms with Gasteiger partial charge in [0.25, 0.3) is 0 Å². The van der Waals surface area contributed by atoms with Crippen LogP contribution in [0, 0.1) is 0 Å². The van der Waals surface area contributed by atoms with Crippen molar-refractivity contribution in [3.8, 4) is 0 Å². The van der Waals surface area contributed by atoms with Crippen molar-refractivity contribution in [3.63, 3.8) is 0 Å². The average molecular weight is 226 g/mol. The van der Waals surface area contributed by atoms with Gasteiger partial charge >= 0.3 is 6.09 Å². The Kier molecular flexibility index (Phi) is 4.16. The first-order valence-corrected chi connectivity index (χ1v) is 5.95. The topological polar surface area (TPSA) is 51.1 Å². The maximum absolute atomic E-state index is 11.6. The number of morpholine rings is 1. The number of hydrogen-bond donors (Lipinski definition) is 0. The van der Waals surface area contributed by atoms with E-state index >= 15 is 0 Å². The Morgan fingerprint density at radius 2 is 1.88 bits per heavy atom. The van der Waals surface area contributed by atoms with Gasteiger partial charge in [-0.15, -0.1) is 0 Å². The molecule has 1 aliphatic heterocycles. The summed E-state index contributed by atoms with van der Waals surface area (Å²) in [5.41, 5.74) is 1.02. The molecule has 90 valence electrons. The lowest BCUT2D eigenvalue weighted by Crippen LogP contribution is -2.40. The lowest BCUT2D eigenvalue weighted by molar-refractivity contribution is 0.0277. The van der Waals surface area contributed by atoms with Gasteiger partial charge in [0.15, 0.2) is 0 Å². The van der Waals surface area contributed by atoms with Crippen molar-refractivity contribution in [3.05, 3.63) is 0 Å². The van der Waals surface area contributed by atoms with E-state index in [4.69, 9.17) is 9.57 Å². The van der Waals surface area contributed by atoms with E-state index in [1.165, 1.54) is 6.42 Å². The zero-order chi connectivity index (χ0) is 11.2. The van der Waals surface area contributed by atoms with E-state index in [2.05, 4.69) is 5.16 Å². The smallest absolute Gasteiger partial charge is 0.378 e. The van der Waals surface area contributed by atoms with Gasteiger partial charge in [-0.25, -0.2) is 4.79 Å². The predicted molar refractivity (Wildman–Crippen MR) is 59.4 cm³/mol. The van der Waals surface area contributed by atoms with Gasteiger partial charge in [0, 0.05) is 13.1 Å². The highest BCUT2D eigenvalue weighted by atomic mass is 16.7. The van der Waals surface area contributed by atoms with Crippen LogP contribution in [0.25, 0.3) is 0 Å². The molecule has 2 rings (SSSR count). The van der Waals surface area contributed by atoms with E-state index in [1.807, 2.05) is 0 Å². The number of nitrogens with zero attached hydrogens (tertiary/aromatic N) is 2. The first-order chi connectivity index (χ1) is 7.86. The second kappa shape index (κ2) is 5.84. The maximum atomic E-state index is 11.6. The van der Waals surface area contributed by atoms with Gasteiger partial charge in [0.1, 0.15) is 0 Å². The van der Waals surface area contributed by atoms with Crippen molar-refractivity contribution in [2.45, 2.75) is 32.1 Å². The fourth-order valence-electron chi connectivity index (χ4n) is 1.96. The Bertz CT molecular complexity index is 264. The van der Waals surface area contributed by atoms with Gasteiger partial charge in [-0.05, 0) is 25.7 Å². The summed E-state index contributed by atoms with van der Waals surface area (Å²) in [6, 6.07) is 0. The van der Waals surface area contributed by atoms with Gasteiger partial charge in [-0.2, -0.15) is 0 Å². The van der Waals surface area contributed by atoms with Crippen LogP contribution < -0.4 is 0 Å². The van der Waals surface area contributed by atoms with E-state index in [0.29, 0.717) is 26.3 Å². The van der Waals surface area contributed by atoms with E-state index < -0.39 is 0 Å². The zero-order valence-electron chi connectivity index (χ0n) is 9.48. The van der Waals surface area contributed by atoms with Crippen LogP contribution in [0.2, 0.25) is 0 Å². The molecule has 0 aromatic carbocycles. The fourth-order valence-corrected chi connectivity index (χ4v) is 1.96. The molecule has 2 aliphatic rings. The van der Waals surface area contributed by atoms with Gasteiger partial charge in [-0.1, -0.05) is 11.6 Å². The third-order valence-corrected chi connectivity index (χ3v) is 2.95. The molecule has 1 heterocycles. The molecule has 2 fully saturated rings. The van der Waals surface area contributed by atoms with Crippen molar-refractivity contribution < 1.29 is 14.4 Å². The average Bonchev–Trinajstić information content (AvgIpc) is 2.38. The first-order valence-electron chi connectivity index (χ1n) is 5.95. The van der Waals surface area contributed by atoms with E-state index in [9.17, 15) is 4.79 Å². The minimum Gasteiger partial charge on any atom is -0.378 e. The number of carbonyl (C=O) groups excluding carboxylic acids is 1. The normalized spacial score (nSPS) is 21.8. The zero-order valence-corrected chi connectivity index (χ0v) is 9.48. The highest BCUT2D eigenvalue weighted by Crippen LogP contribution is 2.15. The van der Waals surface area contributed by atoms with Crippen molar-refractivity contribution in [1.82, 2.24) is 4.90 Å². The first kappa shape index (κ1) is 11.4. The summed E-state index contributed by atoms with van der Waals surface area (Å²) in [5.74, 6) is 0. The molecule has 1 aliphatic carbocycles. The molecule has 0 N–H and O–H groups in total. The third-order valence-electron chi connectivity index (χ3n) is 2.95. The lowest BCUT2D eigenvalue weighted by atomic mass is 9.99. The molecular formula is C11H18N2O3. The molecule has 0 bridgehead atoms. The Hall–Kier alpha value is -1.10. The van der Waals surface area contributed by atoms with Crippen molar-refractivity contribution >= 4 is 11.8 Å². The van der Waals surface area contributed by atoms with Crippen LogP contribution in [-0.2, 0) is 9.57 Å². The standard InChI is InChI=1S/C11H18N2O3/c14-11(13-6-8-15-9-7-13)16-12-10-4-2-1-3-5-10/h1-9H2. The Labute approximate surface area is 95.4 Å². The SMILES string of the molecule is O=C(ON=C1CCCCC1)N1CCOCC1. The van der Waals surface area contributed by atoms with Gasteiger partial charge in [-0.3, -0.25) is 4.84 Å². The Balaban J connectivity index is 1.77. The van der Waals surface area contributed by atoms with E-state index in [1.54, 1.807) is 4.90 Å². The Morgan fingerprint density at radius 3 is 2.56 bits per heavy atom. The number of rotatable bonds is 1. The molecule has 5 nitrogen and oxygen atoms in total. The number of oxime groups is 1. The third kappa shape index (κ3) is 3.20. The molecule has 0 spiro atoms. The van der Waals surface area contributed by atoms with Crippen LogP contribution in [0.1, 0.15) is 32.1 Å². The Morgan fingerprint density at radius 1 is 1.19 bits per heavy atom. The van der Waals surface area contributed by atoms with Gasteiger partial charge in [0.2, 0.25) is 0 Å². The van der Waals surface area contributed by atoms with Crippen molar-refractivity contribution in [1.29, 1.82) is 0 Å². The van der Waals surface area contributed by atoms with Crippen LogP contribution >= 0.6 is 0 Å². The van der Waals surface area contributed by atoms with Crippen molar-refractivity contribution in [2.75, 3.05) is 26.3 Å². The molecule has 0 radical (unpaired) electrons. The highest BCUT2D eigenvalue weighted by molar-refractivity contribution is 5.85. The number of amides is 1. The molecule has 5 heteroatoms. The monoisotopic (exact) mass is 226 g/mol. The highest BCUT2D eigenvalue weighted by Gasteiger charge is 2.18. The van der Waals surface area contributed by atoms with Crippen LogP contribution in [0.15, 0.2) is 5.16 Å². The minimum atomic E-state index is -0.346. The van der Waals surface area contributed by atoms with E-state index in [0.717, 1.165) is 31.4 Å². The minimum absolute atomic E-state index is 0.346. The summed E-state index contributed by atoms with van der Waals surface area (Å²) in [4.78, 5) is 18.2. The van der Waals surface area contributed by atoms with Gasteiger partial charge < -0.3 is 9.64 Å². The molecule has 0 aromatic heterocycles. The summed E-state index contributed by atoms with van der Waals surface area (Å²) in [6.07, 6.45) is 5.17. The maximum Gasteiger partial charge on any atom is 0.436 e. The molecule has 16 heavy (non-hydrogen) atoms. The molecule has 1 amide bonds. The predicted octanol–water partition coefficient (Wildman–Crippen LogP) is 1.78. The second-order valence-corrected chi connectivity index (χ2v) is 4.17. The lowest BCUT2D eigenvalue weighted by Gasteiger charge is -2.24. The molecular weight excluding hydrogens is 208 g/mol. The number of hydrogen-bond acceptors (Lipinski definition) is 4. The van der Waals surface area contributed by atoms with Gasteiger partial charge in [0.05, 0.1) is 18.9 Å². The second-order valence-electron chi connectivity index (χ2n) is 4.17.